The Morgan fingerprint density at radius 1 is 0.960 bits per heavy atom. The number of benzene rings is 2. The Bertz CT molecular complexity index is 769. The topological polar surface area (TPSA) is 49.6 Å². The number of rotatable bonds is 3. The number of anilines is 1. The molecule has 25 heavy (non-hydrogen) atoms. The predicted octanol–water partition coefficient (Wildman–Crippen LogP) is 3.79. The fourth-order valence-corrected chi connectivity index (χ4v) is 4.27. The molecule has 1 saturated heterocycles. The van der Waals surface area contributed by atoms with Crippen LogP contribution in [0.15, 0.2) is 48.5 Å². The second kappa shape index (κ2) is 6.84. The first-order valence-corrected chi connectivity index (χ1v) is 9.04. The van der Waals surface area contributed by atoms with E-state index in [-0.39, 0.29) is 10.6 Å². The molecule has 1 aliphatic heterocycles. The molecule has 2 aliphatic rings. The average Bonchev–Trinajstić information content (AvgIpc) is 2.68. The Morgan fingerprint density at radius 3 is 2.48 bits per heavy atom. The van der Waals surface area contributed by atoms with Gasteiger partial charge in [0, 0.05) is 38.3 Å². The minimum Gasteiger partial charge on any atom is -0.363 e. The highest BCUT2D eigenvalue weighted by Gasteiger charge is 2.30. The Labute approximate surface area is 148 Å². The molecule has 5 heteroatoms. The molecule has 1 heterocycles. The van der Waals surface area contributed by atoms with Gasteiger partial charge in [-0.3, -0.25) is 15.0 Å². The van der Waals surface area contributed by atoms with Gasteiger partial charge in [-0.1, -0.05) is 36.4 Å². The van der Waals surface area contributed by atoms with Crippen molar-refractivity contribution in [2.75, 3.05) is 31.1 Å². The van der Waals surface area contributed by atoms with Gasteiger partial charge < -0.3 is 4.90 Å². The molecular formula is C20H23N3O2. The molecule has 2 aromatic carbocycles. The number of nitrogens with zero attached hydrogens (tertiary/aromatic N) is 3. The summed E-state index contributed by atoms with van der Waals surface area (Å²) in [6.07, 6.45) is 3.64. The summed E-state index contributed by atoms with van der Waals surface area (Å²) in [5.74, 6) is 0. The van der Waals surface area contributed by atoms with E-state index in [1.54, 1.807) is 12.1 Å². The first-order chi connectivity index (χ1) is 12.2. The van der Waals surface area contributed by atoms with E-state index in [0.29, 0.717) is 6.04 Å². The third-order valence-corrected chi connectivity index (χ3v) is 5.51. The van der Waals surface area contributed by atoms with Crippen LogP contribution in [0.2, 0.25) is 0 Å². The van der Waals surface area contributed by atoms with Crippen LogP contribution in [0.4, 0.5) is 11.4 Å². The number of nitro benzene ring substituents is 1. The van der Waals surface area contributed by atoms with Crippen molar-refractivity contribution in [2.45, 2.75) is 25.3 Å². The Morgan fingerprint density at radius 2 is 1.68 bits per heavy atom. The first-order valence-electron chi connectivity index (χ1n) is 9.04. The summed E-state index contributed by atoms with van der Waals surface area (Å²) in [4.78, 5) is 15.7. The maximum absolute atomic E-state index is 11.3. The van der Waals surface area contributed by atoms with Crippen molar-refractivity contribution in [3.63, 3.8) is 0 Å². The fourth-order valence-electron chi connectivity index (χ4n) is 4.27. The van der Waals surface area contributed by atoms with E-state index < -0.39 is 0 Å². The van der Waals surface area contributed by atoms with Crippen LogP contribution in [0.5, 0.6) is 0 Å². The zero-order valence-corrected chi connectivity index (χ0v) is 14.3. The highest BCUT2D eigenvalue weighted by atomic mass is 16.6. The van der Waals surface area contributed by atoms with Gasteiger partial charge in [0.25, 0.3) is 5.69 Å². The number of hydrogen-bond acceptors (Lipinski definition) is 4. The van der Waals surface area contributed by atoms with Crippen LogP contribution in [-0.4, -0.2) is 36.0 Å². The van der Waals surface area contributed by atoms with Crippen molar-refractivity contribution < 1.29 is 4.92 Å². The fraction of sp³-hybridized carbons (Fsp3) is 0.400. The zero-order valence-electron chi connectivity index (χ0n) is 14.3. The standard InChI is InChI=1S/C20H23N3O2/c24-23(25)20-10-4-3-9-19(20)22-14-12-21(13-15-22)18-11-5-7-16-6-1-2-8-17(16)18/h1-4,6,8-10,18H,5,7,11-15H2/t18-/m0/s1. The number of nitro groups is 1. The molecule has 1 atom stereocenters. The highest BCUT2D eigenvalue weighted by Crippen LogP contribution is 2.36. The van der Waals surface area contributed by atoms with Crippen molar-refractivity contribution in [1.29, 1.82) is 0 Å². The lowest BCUT2D eigenvalue weighted by Gasteiger charge is -2.42. The van der Waals surface area contributed by atoms with Gasteiger partial charge in [0.1, 0.15) is 5.69 Å². The average molecular weight is 337 g/mol. The molecule has 1 aliphatic carbocycles. The van der Waals surface area contributed by atoms with Crippen molar-refractivity contribution in [1.82, 2.24) is 4.90 Å². The number of fused-ring (bicyclic) bond motifs is 1. The molecule has 5 nitrogen and oxygen atoms in total. The molecule has 0 saturated carbocycles. The van der Waals surface area contributed by atoms with Gasteiger partial charge in [-0.15, -0.1) is 0 Å². The lowest BCUT2D eigenvalue weighted by molar-refractivity contribution is -0.384. The number of aryl methyl sites for hydroxylation is 1. The normalized spacial score (nSPS) is 21.0. The molecule has 4 rings (SSSR count). The van der Waals surface area contributed by atoms with Crippen LogP contribution in [0, 0.1) is 10.1 Å². The Kier molecular flexibility index (Phi) is 4.40. The van der Waals surface area contributed by atoms with Crippen LogP contribution < -0.4 is 4.90 Å². The van der Waals surface area contributed by atoms with Crippen molar-refractivity contribution >= 4 is 11.4 Å². The van der Waals surface area contributed by atoms with Gasteiger partial charge in [-0.2, -0.15) is 0 Å². The number of para-hydroxylation sites is 2. The molecule has 0 amide bonds. The minimum atomic E-state index is -0.279. The second-order valence-electron chi connectivity index (χ2n) is 6.88. The van der Waals surface area contributed by atoms with Crippen LogP contribution >= 0.6 is 0 Å². The molecule has 0 aromatic heterocycles. The Hall–Kier alpha value is -2.40. The lowest BCUT2D eigenvalue weighted by Crippen LogP contribution is -2.48. The van der Waals surface area contributed by atoms with Crippen molar-refractivity contribution in [2.24, 2.45) is 0 Å². The van der Waals surface area contributed by atoms with Crippen LogP contribution in [-0.2, 0) is 6.42 Å². The molecule has 130 valence electrons. The molecule has 1 fully saturated rings. The van der Waals surface area contributed by atoms with Gasteiger partial charge >= 0.3 is 0 Å². The van der Waals surface area contributed by atoms with Gasteiger partial charge in [0.15, 0.2) is 0 Å². The molecule has 0 unspecified atom stereocenters. The van der Waals surface area contributed by atoms with E-state index in [4.69, 9.17) is 0 Å². The summed E-state index contributed by atoms with van der Waals surface area (Å²) >= 11 is 0. The van der Waals surface area contributed by atoms with Gasteiger partial charge in [-0.25, -0.2) is 0 Å². The quantitative estimate of drug-likeness (QED) is 0.631. The van der Waals surface area contributed by atoms with E-state index in [0.717, 1.165) is 31.9 Å². The van der Waals surface area contributed by atoms with E-state index in [1.165, 1.54) is 30.4 Å². The molecule has 2 aromatic rings. The largest absolute Gasteiger partial charge is 0.363 e. The van der Waals surface area contributed by atoms with E-state index in [9.17, 15) is 10.1 Å². The van der Waals surface area contributed by atoms with Crippen molar-refractivity contribution in [3.05, 3.63) is 69.8 Å². The lowest BCUT2D eigenvalue weighted by atomic mass is 9.86. The summed E-state index contributed by atoms with van der Waals surface area (Å²) in [7, 11) is 0. The van der Waals surface area contributed by atoms with Gasteiger partial charge in [0.2, 0.25) is 0 Å². The third kappa shape index (κ3) is 3.12. The monoisotopic (exact) mass is 337 g/mol. The summed E-state index contributed by atoms with van der Waals surface area (Å²) in [6.45, 7) is 3.57. The summed E-state index contributed by atoms with van der Waals surface area (Å²) in [6, 6.07) is 16.4. The van der Waals surface area contributed by atoms with E-state index in [2.05, 4.69) is 34.1 Å². The van der Waals surface area contributed by atoms with Crippen LogP contribution in [0.25, 0.3) is 0 Å². The maximum atomic E-state index is 11.3. The number of piperazine rings is 1. The predicted molar refractivity (Wildman–Crippen MR) is 99.0 cm³/mol. The number of hydrogen-bond donors (Lipinski definition) is 0. The van der Waals surface area contributed by atoms with Crippen LogP contribution in [0.1, 0.15) is 30.0 Å². The smallest absolute Gasteiger partial charge is 0.292 e. The van der Waals surface area contributed by atoms with E-state index in [1.807, 2.05) is 12.1 Å². The van der Waals surface area contributed by atoms with Gasteiger partial charge in [0.05, 0.1) is 4.92 Å². The minimum absolute atomic E-state index is 0.207. The first kappa shape index (κ1) is 16.1. The molecule has 0 radical (unpaired) electrons. The SMILES string of the molecule is O=[N+]([O-])c1ccccc1N1CCN([C@H]2CCCc3ccccc32)CC1. The zero-order chi connectivity index (χ0) is 17.2. The van der Waals surface area contributed by atoms with Crippen molar-refractivity contribution in [3.8, 4) is 0 Å². The van der Waals surface area contributed by atoms with Crippen LogP contribution in [0.3, 0.4) is 0 Å². The maximum Gasteiger partial charge on any atom is 0.292 e. The summed E-state index contributed by atoms with van der Waals surface area (Å²) in [5.41, 5.74) is 3.92. The second-order valence-corrected chi connectivity index (χ2v) is 6.88. The van der Waals surface area contributed by atoms with E-state index >= 15 is 0 Å². The highest BCUT2D eigenvalue weighted by molar-refractivity contribution is 5.63. The molecular weight excluding hydrogens is 314 g/mol. The Balaban J connectivity index is 1.49. The van der Waals surface area contributed by atoms with Gasteiger partial charge in [-0.05, 0) is 36.5 Å². The molecule has 0 bridgehead atoms. The summed E-state index contributed by atoms with van der Waals surface area (Å²) in [5, 5.41) is 11.3. The third-order valence-electron chi connectivity index (χ3n) is 5.51. The molecule has 0 spiro atoms. The molecule has 0 N–H and O–H groups in total. The summed E-state index contributed by atoms with van der Waals surface area (Å²) < 4.78 is 0.